The third-order valence-electron chi connectivity index (χ3n) is 3.38. The summed E-state index contributed by atoms with van der Waals surface area (Å²) in [6.45, 7) is 3.63. The molecule has 2 rings (SSSR count). The van der Waals surface area contributed by atoms with Gasteiger partial charge in [-0.25, -0.2) is 0 Å². The van der Waals surface area contributed by atoms with Gasteiger partial charge in [0, 0.05) is 18.4 Å². The molecule has 100 valence electrons. The van der Waals surface area contributed by atoms with Crippen LogP contribution in [0.25, 0.3) is 0 Å². The smallest absolute Gasteiger partial charge is 0.229 e. The number of piperidine rings is 1. The lowest BCUT2D eigenvalue weighted by atomic mass is 10.0. The number of benzene rings is 1. The number of rotatable bonds is 3. The SMILES string of the molecule is Cc1ccc(C)c(C(=O)CN2C(=O)CCCC2=O)c1. The zero-order valence-electron chi connectivity index (χ0n) is 11.2. The summed E-state index contributed by atoms with van der Waals surface area (Å²) in [5, 5.41) is 0. The summed E-state index contributed by atoms with van der Waals surface area (Å²) in [5.74, 6) is -0.658. The van der Waals surface area contributed by atoms with Crippen molar-refractivity contribution >= 4 is 17.6 Å². The van der Waals surface area contributed by atoms with Crippen LogP contribution in [0.1, 0.15) is 40.7 Å². The van der Waals surface area contributed by atoms with Crippen molar-refractivity contribution in [3.63, 3.8) is 0 Å². The van der Waals surface area contributed by atoms with Crippen molar-refractivity contribution < 1.29 is 14.4 Å². The van der Waals surface area contributed by atoms with E-state index in [0.717, 1.165) is 16.0 Å². The minimum Gasteiger partial charge on any atom is -0.292 e. The maximum atomic E-state index is 12.2. The van der Waals surface area contributed by atoms with Gasteiger partial charge in [-0.15, -0.1) is 0 Å². The Morgan fingerprint density at radius 3 is 2.42 bits per heavy atom. The van der Waals surface area contributed by atoms with E-state index in [2.05, 4.69) is 0 Å². The van der Waals surface area contributed by atoms with Gasteiger partial charge in [-0.05, 0) is 31.9 Å². The second-order valence-corrected chi connectivity index (χ2v) is 4.97. The molecule has 1 fully saturated rings. The van der Waals surface area contributed by atoms with Crippen LogP contribution in [0.3, 0.4) is 0 Å². The van der Waals surface area contributed by atoms with Crippen LogP contribution in [-0.2, 0) is 9.59 Å². The Labute approximate surface area is 112 Å². The van der Waals surface area contributed by atoms with Crippen LogP contribution in [0, 0.1) is 13.8 Å². The standard InChI is InChI=1S/C15H17NO3/c1-10-6-7-11(2)12(8-10)13(17)9-16-14(18)4-3-5-15(16)19/h6-8H,3-5,9H2,1-2H3. The fourth-order valence-electron chi connectivity index (χ4n) is 2.24. The monoisotopic (exact) mass is 259 g/mol. The maximum Gasteiger partial charge on any atom is 0.229 e. The molecule has 1 aromatic carbocycles. The predicted molar refractivity (Wildman–Crippen MR) is 70.8 cm³/mol. The molecular weight excluding hydrogens is 242 g/mol. The number of Topliss-reactive ketones (excluding diaryl/α,β-unsaturated/α-hetero) is 1. The number of imide groups is 1. The first-order valence-corrected chi connectivity index (χ1v) is 6.42. The van der Waals surface area contributed by atoms with Gasteiger partial charge in [0.1, 0.15) is 0 Å². The van der Waals surface area contributed by atoms with Gasteiger partial charge in [0.05, 0.1) is 6.54 Å². The molecule has 0 aromatic heterocycles. The van der Waals surface area contributed by atoms with Crippen molar-refractivity contribution in [1.29, 1.82) is 0 Å². The molecule has 0 unspecified atom stereocenters. The average Bonchev–Trinajstić information content (AvgIpc) is 2.37. The van der Waals surface area contributed by atoms with Gasteiger partial charge >= 0.3 is 0 Å². The molecule has 1 heterocycles. The second kappa shape index (κ2) is 5.34. The molecule has 0 saturated carbocycles. The van der Waals surface area contributed by atoms with Gasteiger partial charge in [0.15, 0.2) is 5.78 Å². The van der Waals surface area contributed by atoms with Crippen LogP contribution in [0.5, 0.6) is 0 Å². The van der Waals surface area contributed by atoms with Crippen LogP contribution < -0.4 is 0 Å². The first-order valence-electron chi connectivity index (χ1n) is 6.42. The molecule has 0 aliphatic carbocycles. The molecule has 1 saturated heterocycles. The topological polar surface area (TPSA) is 54.5 Å². The van der Waals surface area contributed by atoms with E-state index in [1.54, 1.807) is 6.07 Å². The molecule has 1 aliphatic rings. The number of hydrogen-bond donors (Lipinski definition) is 0. The summed E-state index contributed by atoms with van der Waals surface area (Å²) in [7, 11) is 0. The molecule has 0 atom stereocenters. The Morgan fingerprint density at radius 2 is 1.79 bits per heavy atom. The van der Waals surface area contributed by atoms with Gasteiger partial charge in [-0.1, -0.05) is 17.7 Å². The number of amides is 2. The van der Waals surface area contributed by atoms with Gasteiger partial charge in [0.2, 0.25) is 11.8 Å². The number of carbonyl (C=O) groups excluding carboxylic acids is 3. The Hall–Kier alpha value is -1.97. The highest BCUT2D eigenvalue weighted by Crippen LogP contribution is 2.16. The predicted octanol–water partition coefficient (Wildman–Crippen LogP) is 2.03. The summed E-state index contributed by atoms with van der Waals surface area (Å²) in [6.07, 6.45) is 1.30. The van der Waals surface area contributed by atoms with Crippen LogP contribution >= 0.6 is 0 Å². The lowest BCUT2D eigenvalue weighted by molar-refractivity contribution is -0.147. The van der Waals surface area contributed by atoms with E-state index >= 15 is 0 Å². The average molecular weight is 259 g/mol. The Bertz CT molecular complexity index is 532. The summed E-state index contributed by atoms with van der Waals surface area (Å²) in [4.78, 5) is 36.7. The highest BCUT2D eigenvalue weighted by atomic mass is 16.2. The van der Waals surface area contributed by atoms with E-state index in [9.17, 15) is 14.4 Å². The molecule has 4 heteroatoms. The molecular formula is C15H17NO3. The quantitative estimate of drug-likeness (QED) is 0.616. The van der Waals surface area contributed by atoms with E-state index in [1.807, 2.05) is 26.0 Å². The Kier molecular flexibility index (Phi) is 3.79. The normalized spacial score (nSPS) is 15.8. The van der Waals surface area contributed by atoms with Crippen molar-refractivity contribution in [2.75, 3.05) is 6.54 Å². The molecule has 1 aliphatic heterocycles. The van der Waals surface area contributed by atoms with E-state index in [0.29, 0.717) is 24.8 Å². The van der Waals surface area contributed by atoms with Crippen molar-refractivity contribution in [1.82, 2.24) is 4.90 Å². The molecule has 0 N–H and O–H groups in total. The summed E-state index contributed by atoms with van der Waals surface area (Å²) in [5.41, 5.74) is 2.45. The third-order valence-corrected chi connectivity index (χ3v) is 3.38. The van der Waals surface area contributed by atoms with E-state index < -0.39 is 0 Å². The van der Waals surface area contributed by atoms with Gasteiger partial charge in [-0.2, -0.15) is 0 Å². The van der Waals surface area contributed by atoms with Gasteiger partial charge in [-0.3, -0.25) is 19.3 Å². The number of ketones is 1. The maximum absolute atomic E-state index is 12.2. The number of likely N-dealkylation sites (tertiary alicyclic amines) is 1. The lowest BCUT2D eigenvalue weighted by Crippen LogP contribution is -2.43. The van der Waals surface area contributed by atoms with Crippen molar-refractivity contribution in [3.05, 3.63) is 34.9 Å². The molecule has 0 radical (unpaired) electrons. The highest BCUT2D eigenvalue weighted by Gasteiger charge is 2.28. The zero-order chi connectivity index (χ0) is 14.0. The van der Waals surface area contributed by atoms with Gasteiger partial charge < -0.3 is 0 Å². The molecule has 0 spiro atoms. The van der Waals surface area contributed by atoms with Crippen LogP contribution in [0.2, 0.25) is 0 Å². The van der Waals surface area contributed by atoms with Crippen LogP contribution in [0.4, 0.5) is 0 Å². The van der Waals surface area contributed by atoms with Crippen molar-refractivity contribution in [2.24, 2.45) is 0 Å². The van der Waals surface area contributed by atoms with E-state index in [1.165, 1.54) is 0 Å². The molecule has 0 bridgehead atoms. The number of nitrogens with zero attached hydrogens (tertiary/aromatic N) is 1. The number of aryl methyl sites for hydroxylation is 2. The fourth-order valence-corrected chi connectivity index (χ4v) is 2.24. The fraction of sp³-hybridized carbons (Fsp3) is 0.400. The minimum absolute atomic E-state index is 0.137. The Balaban J connectivity index is 2.18. The molecule has 19 heavy (non-hydrogen) atoms. The van der Waals surface area contributed by atoms with Crippen molar-refractivity contribution in [3.8, 4) is 0 Å². The Morgan fingerprint density at radius 1 is 1.16 bits per heavy atom. The molecule has 4 nitrogen and oxygen atoms in total. The summed E-state index contributed by atoms with van der Waals surface area (Å²) >= 11 is 0. The van der Waals surface area contributed by atoms with E-state index in [-0.39, 0.29) is 24.1 Å². The first kappa shape index (κ1) is 13.5. The first-order chi connectivity index (χ1) is 8.99. The largest absolute Gasteiger partial charge is 0.292 e. The number of carbonyl (C=O) groups is 3. The van der Waals surface area contributed by atoms with Crippen LogP contribution in [-0.4, -0.2) is 29.0 Å². The summed E-state index contributed by atoms with van der Waals surface area (Å²) in [6, 6.07) is 5.61. The summed E-state index contributed by atoms with van der Waals surface area (Å²) < 4.78 is 0. The van der Waals surface area contributed by atoms with Crippen LogP contribution in [0.15, 0.2) is 18.2 Å². The lowest BCUT2D eigenvalue weighted by Gasteiger charge is -2.24. The van der Waals surface area contributed by atoms with Crippen molar-refractivity contribution in [2.45, 2.75) is 33.1 Å². The molecule has 2 amide bonds. The van der Waals surface area contributed by atoms with E-state index in [4.69, 9.17) is 0 Å². The number of hydrogen-bond acceptors (Lipinski definition) is 3. The highest BCUT2D eigenvalue weighted by molar-refractivity contribution is 6.06. The second-order valence-electron chi connectivity index (χ2n) is 4.97. The van der Waals surface area contributed by atoms with Gasteiger partial charge in [0.25, 0.3) is 0 Å². The minimum atomic E-state index is -0.241. The third kappa shape index (κ3) is 2.89. The molecule has 1 aromatic rings. The zero-order valence-corrected chi connectivity index (χ0v) is 11.2.